The van der Waals surface area contributed by atoms with E-state index in [2.05, 4.69) is 5.92 Å². The van der Waals surface area contributed by atoms with E-state index >= 15 is 0 Å². The van der Waals surface area contributed by atoms with Gasteiger partial charge in [-0.3, -0.25) is 0 Å². The van der Waals surface area contributed by atoms with Crippen LogP contribution in [-0.2, 0) is 4.74 Å². The molecule has 4 heteroatoms. The molecule has 0 aromatic heterocycles. The normalized spacial score (nSPS) is 11.5. The third-order valence-electron chi connectivity index (χ3n) is 1.80. The second kappa shape index (κ2) is 5.28. The molecule has 0 aliphatic rings. The lowest BCUT2D eigenvalue weighted by Gasteiger charge is -2.14. The van der Waals surface area contributed by atoms with Crippen molar-refractivity contribution in [2.24, 2.45) is 5.73 Å². The van der Waals surface area contributed by atoms with Gasteiger partial charge in [0.2, 0.25) is 0 Å². The number of halogens is 1. The fourth-order valence-corrected chi connectivity index (χ4v) is 1.28. The first-order valence-electron chi connectivity index (χ1n) is 4.28. The zero-order valence-electron chi connectivity index (χ0n) is 7.94. The summed E-state index contributed by atoms with van der Waals surface area (Å²) in [7, 11) is 0. The molecule has 1 rings (SSSR count). The minimum absolute atomic E-state index is 0.282. The molecule has 0 spiro atoms. The lowest BCUT2D eigenvalue weighted by atomic mass is 10.1. The lowest BCUT2D eigenvalue weighted by molar-refractivity contribution is 0.109. The third kappa shape index (κ3) is 3.53. The van der Waals surface area contributed by atoms with Crippen LogP contribution in [0.2, 0.25) is 5.02 Å². The lowest BCUT2D eigenvalue weighted by Crippen LogP contribution is -2.17. The summed E-state index contributed by atoms with van der Waals surface area (Å²) in [6.45, 7) is 0. The molecule has 1 aromatic rings. The number of amides is 1. The fourth-order valence-electron chi connectivity index (χ4n) is 1.15. The summed E-state index contributed by atoms with van der Waals surface area (Å²) in [6.07, 6.45) is 4.09. The van der Waals surface area contributed by atoms with Crippen LogP contribution in [0.25, 0.3) is 0 Å². The van der Waals surface area contributed by atoms with E-state index in [4.69, 9.17) is 28.5 Å². The van der Waals surface area contributed by atoms with Crippen LogP contribution in [0.1, 0.15) is 18.1 Å². The summed E-state index contributed by atoms with van der Waals surface area (Å²) in [5.41, 5.74) is 5.71. The number of nitrogens with two attached hydrogens (primary N) is 1. The second-order valence-electron chi connectivity index (χ2n) is 2.89. The van der Waals surface area contributed by atoms with Gasteiger partial charge in [-0.05, 0) is 17.7 Å². The van der Waals surface area contributed by atoms with E-state index in [0.29, 0.717) is 5.02 Å². The van der Waals surface area contributed by atoms with Gasteiger partial charge in [0, 0.05) is 5.02 Å². The molecule has 0 fully saturated rings. The van der Waals surface area contributed by atoms with Gasteiger partial charge in [0.05, 0.1) is 6.42 Å². The first-order chi connectivity index (χ1) is 7.13. The molecule has 0 saturated heterocycles. The highest BCUT2D eigenvalue weighted by atomic mass is 35.5. The summed E-state index contributed by atoms with van der Waals surface area (Å²) in [6, 6.07) is 6.88. The minimum atomic E-state index is -0.842. The van der Waals surface area contributed by atoms with Crippen molar-refractivity contribution in [3.05, 3.63) is 34.9 Å². The van der Waals surface area contributed by atoms with E-state index in [-0.39, 0.29) is 6.42 Å². The van der Waals surface area contributed by atoms with Crippen LogP contribution in [0.4, 0.5) is 4.79 Å². The van der Waals surface area contributed by atoms with Gasteiger partial charge in [-0.2, -0.15) is 0 Å². The Balaban J connectivity index is 2.84. The molecule has 15 heavy (non-hydrogen) atoms. The smallest absolute Gasteiger partial charge is 0.405 e. The standard InChI is InChI=1S/C11H10ClNO2/c1-2-3-10(15-11(13)14)8-4-6-9(12)7-5-8/h1,4-7,10H,3H2,(H2,13,14). The van der Waals surface area contributed by atoms with Crippen LogP contribution < -0.4 is 5.73 Å². The molecule has 0 radical (unpaired) electrons. The molecule has 0 saturated carbocycles. The molecular weight excluding hydrogens is 214 g/mol. The summed E-state index contributed by atoms with van der Waals surface area (Å²) < 4.78 is 4.87. The molecule has 0 aliphatic heterocycles. The molecule has 1 atom stereocenters. The van der Waals surface area contributed by atoms with Gasteiger partial charge in [-0.25, -0.2) is 4.79 Å². The van der Waals surface area contributed by atoms with E-state index in [1.165, 1.54) is 0 Å². The number of benzene rings is 1. The Labute approximate surface area is 93.2 Å². The average Bonchev–Trinajstić information content (AvgIpc) is 2.17. The number of primary amides is 1. The second-order valence-corrected chi connectivity index (χ2v) is 3.32. The minimum Gasteiger partial charge on any atom is -0.440 e. The largest absolute Gasteiger partial charge is 0.440 e. The highest BCUT2D eigenvalue weighted by Crippen LogP contribution is 2.22. The van der Waals surface area contributed by atoms with Crippen LogP contribution in [0, 0.1) is 12.3 Å². The van der Waals surface area contributed by atoms with Crippen molar-refractivity contribution in [2.75, 3.05) is 0 Å². The number of hydrogen-bond donors (Lipinski definition) is 1. The van der Waals surface area contributed by atoms with E-state index in [1.807, 2.05) is 0 Å². The molecule has 1 aromatic carbocycles. The quantitative estimate of drug-likeness (QED) is 0.801. The Kier molecular flexibility index (Phi) is 4.02. The van der Waals surface area contributed by atoms with Crippen molar-refractivity contribution in [3.8, 4) is 12.3 Å². The Bertz CT molecular complexity index is 381. The molecule has 78 valence electrons. The molecular formula is C11H10ClNO2. The van der Waals surface area contributed by atoms with Crippen LogP contribution in [-0.4, -0.2) is 6.09 Å². The van der Waals surface area contributed by atoms with Crippen molar-refractivity contribution in [2.45, 2.75) is 12.5 Å². The maximum atomic E-state index is 10.6. The number of carbonyl (C=O) groups excluding carboxylic acids is 1. The van der Waals surface area contributed by atoms with Gasteiger partial charge in [0.25, 0.3) is 0 Å². The summed E-state index contributed by atoms with van der Waals surface area (Å²) in [5.74, 6) is 2.42. The zero-order valence-corrected chi connectivity index (χ0v) is 8.70. The third-order valence-corrected chi connectivity index (χ3v) is 2.06. The van der Waals surface area contributed by atoms with Crippen molar-refractivity contribution in [1.82, 2.24) is 0 Å². The number of hydrogen-bond acceptors (Lipinski definition) is 2. The van der Waals surface area contributed by atoms with Crippen LogP contribution in [0.5, 0.6) is 0 Å². The van der Waals surface area contributed by atoms with Gasteiger partial charge in [0.1, 0.15) is 6.10 Å². The number of carbonyl (C=O) groups is 1. The number of ether oxygens (including phenoxy) is 1. The van der Waals surface area contributed by atoms with E-state index in [1.54, 1.807) is 24.3 Å². The monoisotopic (exact) mass is 223 g/mol. The van der Waals surface area contributed by atoms with Crippen LogP contribution in [0.15, 0.2) is 24.3 Å². The maximum absolute atomic E-state index is 10.6. The summed E-state index contributed by atoms with van der Waals surface area (Å²) in [4.78, 5) is 10.6. The number of rotatable bonds is 3. The zero-order chi connectivity index (χ0) is 11.3. The SMILES string of the molecule is C#CCC(OC(N)=O)c1ccc(Cl)cc1. The molecule has 1 amide bonds. The van der Waals surface area contributed by atoms with Crippen molar-refractivity contribution in [3.63, 3.8) is 0 Å². The highest BCUT2D eigenvalue weighted by molar-refractivity contribution is 6.30. The first-order valence-corrected chi connectivity index (χ1v) is 4.66. The molecule has 0 bridgehead atoms. The molecule has 3 nitrogen and oxygen atoms in total. The van der Waals surface area contributed by atoms with Gasteiger partial charge in [-0.15, -0.1) is 12.3 Å². The van der Waals surface area contributed by atoms with Gasteiger partial charge in [0.15, 0.2) is 0 Å². The maximum Gasteiger partial charge on any atom is 0.405 e. The van der Waals surface area contributed by atoms with Gasteiger partial charge in [-0.1, -0.05) is 23.7 Å². The Morgan fingerprint density at radius 2 is 2.13 bits per heavy atom. The predicted molar refractivity (Wildman–Crippen MR) is 58.3 cm³/mol. The molecule has 0 aliphatic carbocycles. The number of terminal acetylenes is 1. The average molecular weight is 224 g/mol. The van der Waals surface area contributed by atoms with Crippen LogP contribution in [0.3, 0.4) is 0 Å². The van der Waals surface area contributed by atoms with Crippen LogP contribution >= 0.6 is 11.6 Å². The Hall–Kier alpha value is -1.66. The molecule has 0 heterocycles. The fraction of sp³-hybridized carbons (Fsp3) is 0.182. The molecule has 1 unspecified atom stereocenters. The molecule has 2 N–H and O–H groups in total. The summed E-state index contributed by atoms with van der Waals surface area (Å²) >= 11 is 5.73. The van der Waals surface area contributed by atoms with Crippen molar-refractivity contribution >= 4 is 17.7 Å². The Morgan fingerprint density at radius 1 is 1.53 bits per heavy atom. The van der Waals surface area contributed by atoms with E-state index in [0.717, 1.165) is 5.56 Å². The predicted octanol–water partition coefficient (Wildman–Crippen LogP) is 2.50. The highest BCUT2D eigenvalue weighted by Gasteiger charge is 2.13. The van der Waals surface area contributed by atoms with Gasteiger partial charge >= 0.3 is 6.09 Å². The van der Waals surface area contributed by atoms with Crippen molar-refractivity contribution in [1.29, 1.82) is 0 Å². The first kappa shape index (κ1) is 11.4. The van der Waals surface area contributed by atoms with Gasteiger partial charge < -0.3 is 10.5 Å². The topological polar surface area (TPSA) is 52.3 Å². The summed E-state index contributed by atoms with van der Waals surface area (Å²) in [5, 5.41) is 0.609. The van der Waals surface area contributed by atoms with E-state index in [9.17, 15) is 4.79 Å². The van der Waals surface area contributed by atoms with Crippen molar-refractivity contribution < 1.29 is 9.53 Å². The van der Waals surface area contributed by atoms with E-state index < -0.39 is 12.2 Å². The Morgan fingerprint density at radius 3 is 2.60 bits per heavy atom.